The van der Waals surface area contributed by atoms with E-state index in [1.165, 1.54) is 24.8 Å². The van der Waals surface area contributed by atoms with Gasteiger partial charge >= 0.3 is 0 Å². The minimum atomic E-state index is -0.158. The highest BCUT2D eigenvalue weighted by Gasteiger charge is 2.34. The lowest BCUT2D eigenvalue weighted by Crippen LogP contribution is -2.46. The first-order valence-electron chi connectivity index (χ1n) is 9.46. The Bertz CT molecular complexity index is 550. The average Bonchev–Trinajstić information content (AvgIpc) is 3.08. The number of aliphatic hydroxyl groups is 1. The summed E-state index contributed by atoms with van der Waals surface area (Å²) in [6.45, 7) is 2.52. The number of ether oxygens (including phenoxy) is 3. The Labute approximate surface area is 150 Å². The van der Waals surface area contributed by atoms with Crippen LogP contribution < -0.4 is 9.47 Å². The van der Waals surface area contributed by atoms with Crippen molar-refractivity contribution in [2.24, 2.45) is 0 Å². The third kappa shape index (κ3) is 4.66. The van der Waals surface area contributed by atoms with Gasteiger partial charge in [-0.25, -0.2) is 0 Å². The Kier molecular flexibility index (Phi) is 6.57. The predicted octanol–water partition coefficient (Wildman–Crippen LogP) is 2.64. The van der Waals surface area contributed by atoms with Crippen LogP contribution in [0.2, 0.25) is 0 Å². The second-order valence-electron chi connectivity index (χ2n) is 7.14. The molecule has 25 heavy (non-hydrogen) atoms. The largest absolute Gasteiger partial charge is 0.493 e. The number of hydrogen-bond acceptors (Lipinski definition) is 5. The smallest absolute Gasteiger partial charge is 0.160 e. The number of aliphatic hydroxyl groups excluding tert-OH is 1. The number of nitrogens with zero attached hydrogens (tertiary/aromatic N) is 1. The highest BCUT2D eigenvalue weighted by Crippen LogP contribution is 2.30. The first kappa shape index (κ1) is 18.5. The summed E-state index contributed by atoms with van der Waals surface area (Å²) < 4.78 is 16.9. The molecule has 1 saturated heterocycles. The number of methoxy groups -OCH3 is 2. The van der Waals surface area contributed by atoms with Gasteiger partial charge in [0.1, 0.15) is 0 Å². The fourth-order valence-corrected chi connectivity index (χ4v) is 4.12. The molecule has 0 radical (unpaired) electrons. The van der Waals surface area contributed by atoms with E-state index < -0.39 is 0 Å². The van der Waals surface area contributed by atoms with Crippen molar-refractivity contribution in [3.05, 3.63) is 23.8 Å². The minimum absolute atomic E-state index is 0.158. The fourth-order valence-electron chi connectivity index (χ4n) is 4.12. The van der Waals surface area contributed by atoms with Crippen LogP contribution in [-0.4, -0.2) is 62.2 Å². The van der Waals surface area contributed by atoms with Crippen molar-refractivity contribution in [1.29, 1.82) is 0 Å². The van der Waals surface area contributed by atoms with Crippen molar-refractivity contribution in [2.45, 2.75) is 56.8 Å². The topological polar surface area (TPSA) is 51.2 Å². The molecule has 1 aromatic carbocycles. The Morgan fingerprint density at radius 2 is 1.88 bits per heavy atom. The number of rotatable bonds is 7. The standard InChI is InChI=1S/C20H31NO4/c1-23-19-8-7-15(13-20(19)24-2)10-12-25-18-6-4-3-5-17(18)21-11-9-16(22)14-21/h7-8,13,16-18,22H,3-6,9-12,14H2,1-2H3/t16-,17?,18?/m1/s1. The van der Waals surface area contributed by atoms with Gasteiger partial charge in [0.25, 0.3) is 0 Å². The van der Waals surface area contributed by atoms with E-state index in [1.807, 2.05) is 12.1 Å². The summed E-state index contributed by atoms with van der Waals surface area (Å²) in [6.07, 6.45) is 6.73. The summed E-state index contributed by atoms with van der Waals surface area (Å²) in [7, 11) is 3.31. The highest BCUT2D eigenvalue weighted by atomic mass is 16.5. The molecule has 140 valence electrons. The van der Waals surface area contributed by atoms with Crippen LogP contribution in [0, 0.1) is 0 Å². The monoisotopic (exact) mass is 349 g/mol. The third-order valence-electron chi connectivity index (χ3n) is 5.50. The van der Waals surface area contributed by atoms with Gasteiger partial charge in [0.05, 0.1) is 33.0 Å². The molecule has 1 N–H and O–H groups in total. The first-order chi connectivity index (χ1) is 12.2. The minimum Gasteiger partial charge on any atom is -0.493 e. The van der Waals surface area contributed by atoms with Crippen LogP contribution in [0.25, 0.3) is 0 Å². The van der Waals surface area contributed by atoms with Crippen LogP contribution in [-0.2, 0) is 11.2 Å². The highest BCUT2D eigenvalue weighted by molar-refractivity contribution is 5.42. The molecular formula is C20H31NO4. The van der Waals surface area contributed by atoms with Crippen molar-refractivity contribution in [2.75, 3.05) is 33.9 Å². The molecule has 1 aromatic rings. The second kappa shape index (κ2) is 8.88. The average molecular weight is 349 g/mol. The molecule has 1 saturated carbocycles. The van der Waals surface area contributed by atoms with E-state index in [9.17, 15) is 5.11 Å². The van der Waals surface area contributed by atoms with E-state index in [4.69, 9.17) is 14.2 Å². The molecule has 1 heterocycles. The van der Waals surface area contributed by atoms with Gasteiger partial charge in [-0.1, -0.05) is 18.9 Å². The molecule has 3 rings (SSSR count). The lowest BCUT2D eigenvalue weighted by atomic mass is 9.91. The van der Waals surface area contributed by atoms with Gasteiger partial charge in [-0.2, -0.15) is 0 Å². The van der Waals surface area contributed by atoms with Crippen LogP contribution in [0.15, 0.2) is 18.2 Å². The summed E-state index contributed by atoms with van der Waals surface area (Å²) in [4.78, 5) is 2.44. The molecule has 0 aromatic heterocycles. The van der Waals surface area contributed by atoms with Gasteiger partial charge in [-0.15, -0.1) is 0 Å². The maximum Gasteiger partial charge on any atom is 0.160 e. The summed E-state index contributed by atoms with van der Waals surface area (Å²) in [5, 5.41) is 9.83. The van der Waals surface area contributed by atoms with Gasteiger partial charge in [0.2, 0.25) is 0 Å². The Balaban J connectivity index is 1.53. The molecule has 0 amide bonds. The molecule has 5 heteroatoms. The van der Waals surface area contributed by atoms with Crippen molar-refractivity contribution in [3.8, 4) is 11.5 Å². The van der Waals surface area contributed by atoms with Gasteiger partial charge < -0.3 is 19.3 Å². The van der Waals surface area contributed by atoms with Crippen LogP contribution in [0.5, 0.6) is 11.5 Å². The number of benzene rings is 1. The number of hydrogen-bond donors (Lipinski definition) is 1. The summed E-state index contributed by atoms with van der Waals surface area (Å²) in [5.74, 6) is 1.52. The number of β-amino-alcohol motifs (C(OH)–C–C–N with tert-alkyl or cyclic N) is 1. The normalized spacial score (nSPS) is 27.4. The van der Waals surface area contributed by atoms with Gasteiger partial charge in [0, 0.05) is 19.1 Å². The van der Waals surface area contributed by atoms with Crippen LogP contribution in [0.1, 0.15) is 37.7 Å². The van der Waals surface area contributed by atoms with Crippen LogP contribution in [0.3, 0.4) is 0 Å². The SMILES string of the molecule is COc1ccc(CCOC2CCCCC2N2CC[C@@H](O)C2)cc1OC. The lowest BCUT2D eigenvalue weighted by Gasteiger charge is -2.37. The van der Waals surface area contributed by atoms with Gasteiger partial charge in [-0.3, -0.25) is 4.90 Å². The molecule has 3 atom stereocenters. The Hall–Kier alpha value is -1.30. The zero-order valence-corrected chi connectivity index (χ0v) is 15.4. The maximum absolute atomic E-state index is 9.83. The van der Waals surface area contributed by atoms with E-state index >= 15 is 0 Å². The van der Waals surface area contributed by atoms with E-state index in [0.717, 1.165) is 43.9 Å². The zero-order chi connectivity index (χ0) is 17.6. The molecular weight excluding hydrogens is 318 g/mol. The fraction of sp³-hybridized carbons (Fsp3) is 0.700. The van der Waals surface area contributed by atoms with Gasteiger partial charge in [0.15, 0.2) is 11.5 Å². The molecule has 1 aliphatic heterocycles. The van der Waals surface area contributed by atoms with Gasteiger partial charge in [-0.05, 0) is 43.4 Å². The third-order valence-corrected chi connectivity index (χ3v) is 5.50. The molecule has 2 fully saturated rings. The molecule has 2 aliphatic rings. The van der Waals surface area contributed by atoms with Crippen molar-refractivity contribution in [3.63, 3.8) is 0 Å². The van der Waals surface area contributed by atoms with E-state index in [-0.39, 0.29) is 6.10 Å². The Morgan fingerprint density at radius 3 is 2.60 bits per heavy atom. The summed E-state index contributed by atoms with van der Waals surface area (Å²) >= 11 is 0. The van der Waals surface area contributed by atoms with E-state index in [2.05, 4.69) is 11.0 Å². The summed E-state index contributed by atoms with van der Waals surface area (Å²) in [6, 6.07) is 6.51. The molecule has 0 spiro atoms. The number of likely N-dealkylation sites (tertiary alicyclic amines) is 1. The summed E-state index contributed by atoms with van der Waals surface area (Å²) in [5.41, 5.74) is 1.20. The van der Waals surface area contributed by atoms with Crippen molar-refractivity contribution < 1.29 is 19.3 Å². The van der Waals surface area contributed by atoms with Crippen LogP contribution >= 0.6 is 0 Å². The maximum atomic E-state index is 9.83. The molecule has 2 unspecified atom stereocenters. The van der Waals surface area contributed by atoms with E-state index in [0.29, 0.717) is 18.8 Å². The second-order valence-corrected chi connectivity index (χ2v) is 7.14. The first-order valence-corrected chi connectivity index (χ1v) is 9.46. The predicted molar refractivity (Wildman–Crippen MR) is 97.4 cm³/mol. The molecule has 5 nitrogen and oxygen atoms in total. The molecule has 1 aliphatic carbocycles. The Morgan fingerprint density at radius 1 is 1.08 bits per heavy atom. The lowest BCUT2D eigenvalue weighted by molar-refractivity contribution is -0.0316. The van der Waals surface area contributed by atoms with Crippen molar-refractivity contribution in [1.82, 2.24) is 4.90 Å². The van der Waals surface area contributed by atoms with Crippen LogP contribution in [0.4, 0.5) is 0 Å². The van der Waals surface area contributed by atoms with Crippen molar-refractivity contribution >= 4 is 0 Å². The molecule has 0 bridgehead atoms. The quantitative estimate of drug-likeness (QED) is 0.820. The zero-order valence-electron chi connectivity index (χ0n) is 15.4. The van der Waals surface area contributed by atoms with E-state index in [1.54, 1.807) is 14.2 Å².